The second-order valence-electron chi connectivity index (χ2n) is 5.46. The molecule has 0 aliphatic heterocycles. The van der Waals surface area contributed by atoms with E-state index in [1.165, 1.54) is 4.90 Å². The number of benzene rings is 1. The summed E-state index contributed by atoms with van der Waals surface area (Å²) >= 11 is 0. The highest BCUT2D eigenvalue weighted by atomic mass is 16.5. The molecular weight excluding hydrogens is 332 g/mol. The zero-order valence-electron chi connectivity index (χ0n) is 13.9. The average Bonchev–Trinajstić information content (AvgIpc) is 3.11. The Morgan fingerprint density at radius 1 is 1.15 bits per heavy atom. The molecule has 0 radical (unpaired) electrons. The number of esters is 1. The minimum absolute atomic E-state index is 0.132. The first-order valence-electron chi connectivity index (χ1n) is 8.02. The van der Waals surface area contributed by atoms with Crippen molar-refractivity contribution in [3.05, 3.63) is 66.6 Å². The van der Waals surface area contributed by atoms with Crippen LogP contribution in [0.3, 0.4) is 0 Å². The van der Waals surface area contributed by atoms with Crippen molar-refractivity contribution in [1.29, 1.82) is 5.26 Å². The van der Waals surface area contributed by atoms with Crippen molar-refractivity contribution < 1.29 is 14.3 Å². The third-order valence-corrected chi connectivity index (χ3v) is 3.72. The molecule has 0 bridgehead atoms. The Bertz CT molecular complexity index is 927. The lowest BCUT2D eigenvalue weighted by molar-refractivity contribution is -0.121. The van der Waals surface area contributed by atoms with Gasteiger partial charge in [-0.1, -0.05) is 24.3 Å². The van der Waals surface area contributed by atoms with Crippen LogP contribution in [0.2, 0.25) is 0 Å². The lowest BCUT2D eigenvalue weighted by Crippen LogP contribution is -2.35. The van der Waals surface area contributed by atoms with E-state index in [1.54, 1.807) is 47.1 Å². The van der Waals surface area contributed by atoms with Gasteiger partial charge in [0.05, 0.1) is 12.5 Å². The number of nitriles is 1. The number of ether oxygens (including phenoxy) is 1. The van der Waals surface area contributed by atoms with Gasteiger partial charge in [-0.05, 0) is 24.3 Å². The van der Waals surface area contributed by atoms with Gasteiger partial charge in [0.1, 0.15) is 5.65 Å². The Morgan fingerprint density at radius 2 is 1.92 bits per heavy atom. The van der Waals surface area contributed by atoms with Crippen LogP contribution in [0.1, 0.15) is 16.9 Å². The van der Waals surface area contributed by atoms with Crippen LogP contribution in [-0.4, -0.2) is 34.4 Å². The van der Waals surface area contributed by atoms with E-state index in [1.807, 2.05) is 24.3 Å². The average molecular weight is 348 g/mol. The molecule has 1 aromatic carbocycles. The van der Waals surface area contributed by atoms with Crippen LogP contribution < -0.4 is 4.90 Å². The molecule has 0 saturated heterocycles. The molecule has 0 saturated carbocycles. The van der Waals surface area contributed by atoms with Gasteiger partial charge in [0.2, 0.25) is 0 Å². The van der Waals surface area contributed by atoms with Crippen molar-refractivity contribution in [3.63, 3.8) is 0 Å². The quantitative estimate of drug-likeness (QED) is 0.639. The van der Waals surface area contributed by atoms with Gasteiger partial charge in [-0.15, -0.1) is 0 Å². The Balaban J connectivity index is 1.67. The van der Waals surface area contributed by atoms with Crippen LogP contribution in [0, 0.1) is 11.3 Å². The van der Waals surface area contributed by atoms with Crippen molar-refractivity contribution >= 4 is 23.2 Å². The topological polar surface area (TPSA) is 87.7 Å². The molecule has 7 heteroatoms. The van der Waals surface area contributed by atoms with Gasteiger partial charge in [0.15, 0.2) is 12.3 Å². The number of carbonyl (C=O) groups excluding carboxylic acids is 2. The fraction of sp³-hybridized carbons (Fsp3) is 0.158. The first kappa shape index (κ1) is 17.2. The molecule has 1 amide bonds. The van der Waals surface area contributed by atoms with Gasteiger partial charge in [0, 0.05) is 24.6 Å². The van der Waals surface area contributed by atoms with E-state index < -0.39 is 18.5 Å². The van der Waals surface area contributed by atoms with Gasteiger partial charge >= 0.3 is 5.97 Å². The molecule has 3 aromatic rings. The normalized spacial score (nSPS) is 10.3. The van der Waals surface area contributed by atoms with Crippen LogP contribution >= 0.6 is 0 Å². The van der Waals surface area contributed by atoms with Crippen molar-refractivity contribution in [2.45, 2.75) is 6.42 Å². The molecule has 7 nitrogen and oxygen atoms in total. The molecule has 3 rings (SSSR count). The summed E-state index contributed by atoms with van der Waals surface area (Å²) in [6.45, 7) is -0.196. The molecule has 0 atom stereocenters. The van der Waals surface area contributed by atoms with Crippen LogP contribution in [0.5, 0.6) is 0 Å². The maximum Gasteiger partial charge on any atom is 0.359 e. The number of carbonyl (C=O) groups is 2. The Hall–Kier alpha value is -3.66. The van der Waals surface area contributed by atoms with Gasteiger partial charge in [-0.25, -0.2) is 9.78 Å². The number of hydrogen-bond acceptors (Lipinski definition) is 5. The highest BCUT2D eigenvalue weighted by molar-refractivity contribution is 5.96. The van der Waals surface area contributed by atoms with Gasteiger partial charge in [-0.2, -0.15) is 5.26 Å². The second kappa shape index (κ2) is 7.94. The number of rotatable bonds is 6. The minimum Gasteiger partial charge on any atom is -0.451 e. The standard InChI is InChI=1S/C19H16N4O3/c20-10-6-12-23(15-7-2-1-3-8-15)18(24)14-26-19(25)16-13-22-11-5-4-9-17(22)21-16/h1-5,7-9,11,13H,6,12,14H2. The monoisotopic (exact) mass is 348 g/mol. The number of imidazole rings is 1. The van der Waals surface area contributed by atoms with E-state index in [0.29, 0.717) is 11.3 Å². The van der Waals surface area contributed by atoms with Crippen molar-refractivity contribution in [1.82, 2.24) is 9.38 Å². The van der Waals surface area contributed by atoms with E-state index in [4.69, 9.17) is 10.00 Å². The largest absolute Gasteiger partial charge is 0.451 e. The second-order valence-corrected chi connectivity index (χ2v) is 5.46. The maximum atomic E-state index is 12.5. The minimum atomic E-state index is -0.671. The van der Waals surface area contributed by atoms with E-state index in [0.717, 1.165) is 0 Å². The number of anilines is 1. The van der Waals surface area contributed by atoms with Crippen molar-refractivity contribution in [3.8, 4) is 6.07 Å². The lowest BCUT2D eigenvalue weighted by atomic mass is 10.2. The van der Waals surface area contributed by atoms with Crippen LogP contribution in [0.25, 0.3) is 5.65 Å². The Kier molecular flexibility index (Phi) is 5.25. The summed E-state index contributed by atoms with van der Waals surface area (Å²) in [6, 6.07) is 16.4. The third kappa shape index (κ3) is 3.87. The highest BCUT2D eigenvalue weighted by Crippen LogP contribution is 2.14. The molecule has 0 aliphatic carbocycles. The summed E-state index contributed by atoms with van der Waals surface area (Å²) in [5.74, 6) is -1.07. The van der Waals surface area contributed by atoms with Crippen LogP contribution in [-0.2, 0) is 9.53 Å². The maximum absolute atomic E-state index is 12.5. The van der Waals surface area contributed by atoms with E-state index >= 15 is 0 Å². The first-order valence-corrected chi connectivity index (χ1v) is 8.02. The molecular formula is C19H16N4O3. The first-order chi connectivity index (χ1) is 12.7. The van der Waals surface area contributed by atoms with E-state index in [-0.39, 0.29) is 18.7 Å². The molecule has 2 heterocycles. The molecule has 26 heavy (non-hydrogen) atoms. The highest BCUT2D eigenvalue weighted by Gasteiger charge is 2.19. The molecule has 0 unspecified atom stereocenters. The molecule has 2 aromatic heterocycles. The molecule has 0 spiro atoms. The number of aromatic nitrogens is 2. The number of nitrogens with zero attached hydrogens (tertiary/aromatic N) is 4. The number of para-hydroxylation sites is 1. The van der Waals surface area contributed by atoms with Gasteiger partial charge in [-0.3, -0.25) is 4.79 Å². The predicted molar refractivity (Wildman–Crippen MR) is 94.5 cm³/mol. The Morgan fingerprint density at radius 3 is 2.65 bits per heavy atom. The lowest BCUT2D eigenvalue weighted by Gasteiger charge is -2.21. The Labute approximate surface area is 150 Å². The SMILES string of the molecule is N#CCCN(C(=O)COC(=O)c1cn2ccccc2n1)c1ccccc1. The van der Waals surface area contributed by atoms with Crippen molar-refractivity contribution in [2.24, 2.45) is 0 Å². The zero-order chi connectivity index (χ0) is 18.4. The molecule has 130 valence electrons. The fourth-order valence-corrected chi connectivity index (χ4v) is 2.48. The fourth-order valence-electron chi connectivity index (χ4n) is 2.48. The third-order valence-electron chi connectivity index (χ3n) is 3.72. The molecule has 0 fully saturated rings. The number of pyridine rings is 1. The smallest absolute Gasteiger partial charge is 0.359 e. The summed E-state index contributed by atoms with van der Waals surface area (Å²) in [5, 5.41) is 8.80. The van der Waals surface area contributed by atoms with E-state index in [9.17, 15) is 9.59 Å². The number of hydrogen-bond donors (Lipinski definition) is 0. The van der Waals surface area contributed by atoms with Gasteiger partial charge in [0.25, 0.3) is 5.91 Å². The molecule has 0 aliphatic rings. The van der Waals surface area contributed by atoms with Crippen LogP contribution in [0.4, 0.5) is 5.69 Å². The summed E-state index contributed by atoms with van der Waals surface area (Å²) < 4.78 is 6.81. The zero-order valence-corrected chi connectivity index (χ0v) is 13.9. The van der Waals surface area contributed by atoms with Gasteiger partial charge < -0.3 is 14.0 Å². The summed E-state index contributed by atoms with van der Waals surface area (Å²) in [5.41, 5.74) is 1.40. The number of fused-ring (bicyclic) bond motifs is 1. The predicted octanol–water partition coefficient (Wildman–Crippen LogP) is 2.44. The summed E-state index contributed by atoms with van der Waals surface area (Å²) in [4.78, 5) is 30.2. The van der Waals surface area contributed by atoms with Crippen LogP contribution in [0.15, 0.2) is 60.9 Å². The van der Waals surface area contributed by atoms with Crippen molar-refractivity contribution in [2.75, 3.05) is 18.1 Å². The van der Waals surface area contributed by atoms with E-state index in [2.05, 4.69) is 4.98 Å². The molecule has 0 N–H and O–H groups in total. The number of amides is 1. The summed E-state index contributed by atoms with van der Waals surface area (Å²) in [6.07, 6.45) is 3.50. The summed E-state index contributed by atoms with van der Waals surface area (Å²) in [7, 11) is 0.